The molecular formula is C11H18N4O2. The maximum absolute atomic E-state index is 11.8. The van der Waals surface area contributed by atoms with Crippen LogP contribution in [0.2, 0.25) is 0 Å². The van der Waals surface area contributed by atoms with Crippen molar-refractivity contribution in [1.29, 1.82) is 5.41 Å². The molecule has 1 aromatic heterocycles. The Kier molecular flexibility index (Phi) is 5.06. The second-order valence-electron chi connectivity index (χ2n) is 3.61. The number of rotatable bonds is 5. The highest BCUT2D eigenvalue weighted by Crippen LogP contribution is 2.13. The molecule has 4 N–H and O–H groups in total. The first kappa shape index (κ1) is 13.1. The third-order valence-electron chi connectivity index (χ3n) is 2.23. The van der Waals surface area contributed by atoms with Gasteiger partial charge in [-0.05, 0) is 12.5 Å². The molecule has 0 atom stereocenters. The van der Waals surface area contributed by atoms with E-state index in [4.69, 9.17) is 15.6 Å². The highest BCUT2D eigenvalue weighted by molar-refractivity contribution is 6.12. The third-order valence-corrected chi connectivity index (χ3v) is 2.23. The van der Waals surface area contributed by atoms with Crippen LogP contribution in [0.5, 0.6) is 0 Å². The van der Waals surface area contributed by atoms with Crippen LogP contribution in [-0.2, 0) is 0 Å². The lowest BCUT2D eigenvalue weighted by Crippen LogP contribution is -2.47. The summed E-state index contributed by atoms with van der Waals surface area (Å²) in [5.41, 5.74) is 5.35. The molecule has 1 rings (SSSR count). The summed E-state index contributed by atoms with van der Waals surface area (Å²) >= 11 is 0. The van der Waals surface area contributed by atoms with Gasteiger partial charge in [0.15, 0.2) is 0 Å². The number of nitrogens with two attached hydrogens (primary N) is 1. The van der Waals surface area contributed by atoms with Crippen LogP contribution in [-0.4, -0.2) is 18.5 Å². The van der Waals surface area contributed by atoms with Gasteiger partial charge in [0.25, 0.3) is 0 Å². The van der Waals surface area contributed by atoms with E-state index >= 15 is 0 Å². The summed E-state index contributed by atoms with van der Waals surface area (Å²) < 4.78 is 5.05. The summed E-state index contributed by atoms with van der Waals surface area (Å²) in [6.07, 6.45) is 4.48. The monoisotopic (exact) mass is 238 g/mol. The van der Waals surface area contributed by atoms with E-state index in [2.05, 4.69) is 12.2 Å². The summed E-state index contributed by atoms with van der Waals surface area (Å²) in [4.78, 5) is 12.8. The summed E-state index contributed by atoms with van der Waals surface area (Å²) in [7, 11) is 0. The van der Waals surface area contributed by atoms with Gasteiger partial charge in [0, 0.05) is 12.6 Å². The van der Waals surface area contributed by atoms with Crippen LogP contribution >= 0.6 is 0 Å². The van der Waals surface area contributed by atoms with Crippen LogP contribution in [0.3, 0.4) is 0 Å². The molecule has 0 aliphatic rings. The number of amides is 2. The lowest BCUT2D eigenvalue weighted by Gasteiger charge is -2.18. The number of nitrogens with one attached hydrogen (secondary N) is 2. The number of unbranched alkanes of at least 4 members (excludes halogenated alkanes) is 2. The smallest absolute Gasteiger partial charge is 0.331 e. The summed E-state index contributed by atoms with van der Waals surface area (Å²) in [6.45, 7) is 2.66. The largest absolute Gasteiger partial charge is 0.448 e. The van der Waals surface area contributed by atoms with Crippen LogP contribution < -0.4 is 16.0 Å². The molecule has 1 aromatic rings. The molecule has 0 aromatic carbocycles. The third kappa shape index (κ3) is 3.82. The number of guanidine groups is 1. The standard InChI is InChI=1S/C11H18N4O2/c1-2-3-4-7-14-11(16)15(10(12)13)9-6-5-8-17-9/h5-6,8H,2-4,7H2,1H3,(H3,12,13)(H,14,16). The van der Waals surface area contributed by atoms with Gasteiger partial charge in [0.1, 0.15) is 0 Å². The topological polar surface area (TPSA) is 95.4 Å². The molecule has 6 nitrogen and oxygen atoms in total. The van der Waals surface area contributed by atoms with Gasteiger partial charge in [0.2, 0.25) is 11.8 Å². The number of hydrogen-bond donors (Lipinski definition) is 3. The molecule has 17 heavy (non-hydrogen) atoms. The molecule has 1 heterocycles. The van der Waals surface area contributed by atoms with Crippen LogP contribution in [0.25, 0.3) is 0 Å². The van der Waals surface area contributed by atoms with Crippen LogP contribution in [0, 0.1) is 5.41 Å². The zero-order chi connectivity index (χ0) is 12.7. The van der Waals surface area contributed by atoms with Crippen molar-refractivity contribution >= 4 is 17.9 Å². The van der Waals surface area contributed by atoms with Crippen molar-refractivity contribution in [2.75, 3.05) is 11.4 Å². The lowest BCUT2D eigenvalue weighted by molar-refractivity contribution is 0.248. The van der Waals surface area contributed by atoms with Crippen molar-refractivity contribution in [2.24, 2.45) is 5.73 Å². The number of furan rings is 1. The van der Waals surface area contributed by atoms with Crippen LogP contribution in [0.1, 0.15) is 26.2 Å². The van der Waals surface area contributed by atoms with E-state index in [-0.39, 0.29) is 11.8 Å². The van der Waals surface area contributed by atoms with Gasteiger partial charge in [-0.1, -0.05) is 19.8 Å². The Bertz CT molecular complexity index is 362. The Morgan fingerprint density at radius 2 is 2.35 bits per heavy atom. The van der Waals surface area contributed by atoms with E-state index in [9.17, 15) is 4.79 Å². The zero-order valence-corrected chi connectivity index (χ0v) is 9.90. The minimum absolute atomic E-state index is 0.241. The van der Waals surface area contributed by atoms with E-state index in [0.29, 0.717) is 6.54 Å². The molecule has 0 radical (unpaired) electrons. The Labute approximate surface area is 100 Å². The van der Waals surface area contributed by atoms with E-state index < -0.39 is 6.03 Å². The molecule has 0 bridgehead atoms. The number of urea groups is 1. The highest BCUT2D eigenvalue weighted by Gasteiger charge is 2.20. The quantitative estimate of drug-likeness (QED) is 0.415. The van der Waals surface area contributed by atoms with Gasteiger partial charge in [0.05, 0.1) is 6.26 Å². The van der Waals surface area contributed by atoms with Gasteiger partial charge >= 0.3 is 6.03 Å². The number of carbonyl (C=O) groups is 1. The van der Waals surface area contributed by atoms with Gasteiger partial charge in [-0.3, -0.25) is 5.41 Å². The second kappa shape index (κ2) is 6.57. The van der Waals surface area contributed by atoms with E-state index in [0.717, 1.165) is 24.2 Å². The van der Waals surface area contributed by atoms with Crippen LogP contribution in [0.4, 0.5) is 10.7 Å². The molecule has 0 fully saturated rings. The zero-order valence-electron chi connectivity index (χ0n) is 9.90. The highest BCUT2D eigenvalue weighted by atomic mass is 16.3. The predicted octanol–water partition coefficient (Wildman–Crippen LogP) is 1.88. The average molecular weight is 238 g/mol. The Hall–Kier alpha value is -1.98. The van der Waals surface area contributed by atoms with Gasteiger partial charge < -0.3 is 15.5 Å². The van der Waals surface area contributed by atoms with E-state index in [1.165, 1.54) is 6.26 Å². The number of nitrogens with zero attached hydrogens (tertiary/aromatic N) is 1. The lowest BCUT2D eigenvalue weighted by atomic mass is 10.2. The molecule has 94 valence electrons. The maximum atomic E-state index is 11.8. The Morgan fingerprint density at radius 1 is 1.59 bits per heavy atom. The second-order valence-corrected chi connectivity index (χ2v) is 3.61. The summed E-state index contributed by atoms with van der Waals surface area (Å²) in [5, 5.41) is 10.1. The minimum Gasteiger partial charge on any atom is -0.448 e. The van der Waals surface area contributed by atoms with Crippen molar-refractivity contribution in [3.8, 4) is 0 Å². The normalized spacial score (nSPS) is 9.94. The molecule has 6 heteroatoms. The van der Waals surface area contributed by atoms with Crippen molar-refractivity contribution in [2.45, 2.75) is 26.2 Å². The fourth-order valence-corrected chi connectivity index (χ4v) is 1.37. The molecule has 0 unspecified atom stereocenters. The first-order chi connectivity index (χ1) is 8.16. The van der Waals surface area contributed by atoms with Crippen molar-refractivity contribution in [1.82, 2.24) is 5.32 Å². The molecule has 0 spiro atoms. The Morgan fingerprint density at radius 3 is 2.88 bits per heavy atom. The van der Waals surface area contributed by atoms with Gasteiger partial charge in [-0.2, -0.15) is 0 Å². The molecule has 0 aliphatic heterocycles. The fourth-order valence-electron chi connectivity index (χ4n) is 1.37. The molecule has 0 saturated carbocycles. The van der Waals surface area contributed by atoms with Crippen molar-refractivity contribution in [3.05, 3.63) is 18.4 Å². The SMILES string of the molecule is CCCCCNC(=O)N(C(=N)N)c1ccco1. The molecule has 0 aliphatic carbocycles. The molecular weight excluding hydrogens is 220 g/mol. The first-order valence-electron chi connectivity index (χ1n) is 5.62. The van der Waals surface area contributed by atoms with Crippen molar-refractivity contribution in [3.63, 3.8) is 0 Å². The summed E-state index contributed by atoms with van der Waals surface area (Å²) in [6, 6.07) is 2.77. The van der Waals surface area contributed by atoms with E-state index in [1.54, 1.807) is 12.1 Å². The Balaban J connectivity index is 2.54. The van der Waals surface area contributed by atoms with Crippen LogP contribution in [0.15, 0.2) is 22.8 Å². The summed E-state index contributed by atoms with van der Waals surface area (Å²) in [5.74, 6) is -0.126. The first-order valence-corrected chi connectivity index (χ1v) is 5.62. The number of hydrogen-bond acceptors (Lipinski definition) is 3. The van der Waals surface area contributed by atoms with Gasteiger partial charge in [-0.15, -0.1) is 0 Å². The number of carbonyl (C=O) groups excluding carboxylic acids is 1. The number of anilines is 1. The predicted molar refractivity (Wildman–Crippen MR) is 66.0 cm³/mol. The van der Waals surface area contributed by atoms with Crippen molar-refractivity contribution < 1.29 is 9.21 Å². The molecule has 0 saturated heterocycles. The fraction of sp³-hybridized carbons (Fsp3) is 0.455. The maximum Gasteiger partial charge on any atom is 0.331 e. The molecule has 2 amide bonds. The minimum atomic E-state index is -0.441. The van der Waals surface area contributed by atoms with Gasteiger partial charge in [-0.25, -0.2) is 9.69 Å². The average Bonchev–Trinajstić information content (AvgIpc) is 2.77. The van der Waals surface area contributed by atoms with E-state index in [1.807, 2.05) is 0 Å².